The summed E-state index contributed by atoms with van der Waals surface area (Å²) in [6.45, 7) is 8.75. The predicted octanol–water partition coefficient (Wildman–Crippen LogP) is 4.07. The van der Waals surface area contributed by atoms with Crippen LogP contribution in [0.4, 0.5) is 10.3 Å². The second kappa shape index (κ2) is 10.9. The van der Waals surface area contributed by atoms with Gasteiger partial charge in [0, 0.05) is 32.0 Å². The van der Waals surface area contributed by atoms with E-state index in [0.717, 1.165) is 12.1 Å². The largest absolute Gasteiger partial charge is 0.396 e. The van der Waals surface area contributed by atoms with E-state index in [1.807, 2.05) is 35.2 Å². The topological polar surface area (TPSA) is 94.1 Å². The number of hydrogen-bond donors (Lipinski definition) is 2. The molecule has 0 spiro atoms. The van der Waals surface area contributed by atoms with E-state index in [9.17, 15) is 4.39 Å². The molecule has 7 nitrogen and oxygen atoms in total. The maximum atomic E-state index is 13.5. The molecule has 1 aromatic heterocycles. The van der Waals surface area contributed by atoms with Gasteiger partial charge in [-0.05, 0) is 60.0 Å². The standard InChI is InChI=1S/C26H32FN7/c1-26(2,3)18-31-25-30-13-9-22(32-25)24(23(29)20-5-7-21(27)8-6-20)34-14-10-19(11-15-34)17-33(4)16-12-28/h5-11,13-14H,15-18,29H2,1-4H3,(H,30,31,32)/b24-23-. The summed E-state index contributed by atoms with van der Waals surface area (Å²) in [5.74, 6) is 0.202. The first-order valence-electron chi connectivity index (χ1n) is 11.2. The van der Waals surface area contributed by atoms with E-state index in [1.165, 1.54) is 12.1 Å². The van der Waals surface area contributed by atoms with Gasteiger partial charge in [-0.2, -0.15) is 5.26 Å². The molecule has 0 amide bonds. The lowest BCUT2D eigenvalue weighted by atomic mass is 9.97. The van der Waals surface area contributed by atoms with Gasteiger partial charge in [0.05, 0.1) is 29.7 Å². The normalized spacial score (nSPS) is 14.5. The molecule has 0 atom stereocenters. The number of aromatic nitrogens is 2. The number of anilines is 1. The van der Waals surface area contributed by atoms with Crippen LogP contribution in [0.3, 0.4) is 0 Å². The Hall–Kier alpha value is -3.70. The number of nitrogens with two attached hydrogens (primary N) is 1. The summed E-state index contributed by atoms with van der Waals surface area (Å²) in [6, 6.07) is 10.1. The number of nitrogens with zero attached hydrogens (tertiary/aromatic N) is 5. The summed E-state index contributed by atoms with van der Waals surface area (Å²) in [4.78, 5) is 13.1. The maximum absolute atomic E-state index is 13.5. The summed E-state index contributed by atoms with van der Waals surface area (Å²) < 4.78 is 13.5. The number of nitrogens with one attached hydrogen (secondary N) is 1. The Morgan fingerprint density at radius 3 is 2.62 bits per heavy atom. The molecule has 8 heteroatoms. The van der Waals surface area contributed by atoms with Crippen molar-refractivity contribution in [2.75, 3.05) is 38.5 Å². The highest BCUT2D eigenvalue weighted by molar-refractivity contribution is 5.88. The van der Waals surface area contributed by atoms with Crippen LogP contribution in [0, 0.1) is 22.6 Å². The Balaban J connectivity index is 1.95. The predicted molar refractivity (Wildman–Crippen MR) is 134 cm³/mol. The molecule has 3 N–H and O–H groups in total. The van der Waals surface area contributed by atoms with Crippen LogP contribution >= 0.6 is 0 Å². The van der Waals surface area contributed by atoms with Crippen molar-refractivity contribution in [2.45, 2.75) is 20.8 Å². The Kier molecular flexibility index (Phi) is 8.03. The molecule has 0 bridgehead atoms. The smallest absolute Gasteiger partial charge is 0.223 e. The number of benzene rings is 1. The van der Waals surface area contributed by atoms with Gasteiger partial charge in [0.1, 0.15) is 5.82 Å². The zero-order chi connectivity index (χ0) is 24.7. The van der Waals surface area contributed by atoms with Gasteiger partial charge >= 0.3 is 0 Å². The molecule has 0 saturated carbocycles. The van der Waals surface area contributed by atoms with Gasteiger partial charge in [-0.15, -0.1) is 0 Å². The van der Waals surface area contributed by atoms with Crippen molar-refractivity contribution < 1.29 is 4.39 Å². The van der Waals surface area contributed by atoms with Gasteiger partial charge in [-0.1, -0.05) is 26.8 Å². The van der Waals surface area contributed by atoms with Gasteiger partial charge in [-0.25, -0.2) is 14.4 Å². The number of hydrogen-bond acceptors (Lipinski definition) is 7. The SMILES string of the molecule is CN(CC#N)CC1=CCN(/C(=C(\N)c2ccc(F)cc2)c2ccnc(NCC(C)(C)C)n2)C=C1. The Morgan fingerprint density at radius 1 is 1.26 bits per heavy atom. The molecule has 2 aromatic rings. The maximum Gasteiger partial charge on any atom is 0.223 e. The van der Waals surface area contributed by atoms with Gasteiger partial charge in [-0.3, -0.25) is 4.90 Å². The van der Waals surface area contributed by atoms with Crippen LogP contribution in [-0.4, -0.2) is 53.0 Å². The fraction of sp³-hybridized carbons (Fsp3) is 0.346. The van der Waals surface area contributed by atoms with Crippen molar-refractivity contribution in [3.8, 4) is 6.07 Å². The van der Waals surface area contributed by atoms with E-state index < -0.39 is 0 Å². The summed E-state index contributed by atoms with van der Waals surface area (Å²) in [7, 11) is 1.91. The lowest BCUT2D eigenvalue weighted by molar-refractivity contribution is 0.407. The molecule has 34 heavy (non-hydrogen) atoms. The van der Waals surface area contributed by atoms with Crippen molar-refractivity contribution in [3.63, 3.8) is 0 Å². The molecular formula is C26H32FN7. The molecule has 3 rings (SSSR count). The van der Waals surface area contributed by atoms with Crippen LogP contribution in [0.15, 0.2) is 60.5 Å². The lowest BCUT2D eigenvalue weighted by Crippen LogP contribution is -2.26. The molecule has 178 valence electrons. The van der Waals surface area contributed by atoms with Gasteiger partial charge < -0.3 is 16.0 Å². The fourth-order valence-corrected chi connectivity index (χ4v) is 3.43. The van der Waals surface area contributed by atoms with Crippen molar-refractivity contribution in [1.29, 1.82) is 5.26 Å². The third-order valence-corrected chi connectivity index (χ3v) is 5.18. The first kappa shape index (κ1) is 24.9. The van der Waals surface area contributed by atoms with Crippen LogP contribution in [-0.2, 0) is 0 Å². The van der Waals surface area contributed by atoms with Crippen LogP contribution in [0.1, 0.15) is 32.0 Å². The highest BCUT2D eigenvalue weighted by Crippen LogP contribution is 2.28. The number of rotatable bonds is 8. The zero-order valence-corrected chi connectivity index (χ0v) is 20.2. The van der Waals surface area contributed by atoms with Crippen LogP contribution in [0.2, 0.25) is 0 Å². The second-order valence-electron chi connectivity index (χ2n) is 9.53. The highest BCUT2D eigenvalue weighted by atomic mass is 19.1. The minimum absolute atomic E-state index is 0.0701. The van der Waals surface area contributed by atoms with Gasteiger partial charge in [0.2, 0.25) is 5.95 Å². The molecular weight excluding hydrogens is 429 g/mol. The fourth-order valence-electron chi connectivity index (χ4n) is 3.43. The van der Waals surface area contributed by atoms with Crippen LogP contribution in [0.25, 0.3) is 11.4 Å². The van der Waals surface area contributed by atoms with E-state index in [1.54, 1.807) is 18.3 Å². The second-order valence-corrected chi connectivity index (χ2v) is 9.53. The van der Waals surface area contributed by atoms with E-state index >= 15 is 0 Å². The van der Waals surface area contributed by atoms with E-state index in [2.05, 4.69) is 43.2 Å². The quantitative estimate of drug-likeness (QED) is 0.572. The molecule has 0 saturated heterocycles. The molecule has 0 fully saturated rings. The van der Waals surface area contributed by atoms with Gasteiger partial charge in [0.15, 0.2) is 0 Å². The highest BCUT2D eigenvalue weighted by Gasteiger charge is 2.20. The average molecular weight is 462 g/mol. The summed E-state index contributed by atoms with van der Waals surface area (Å²) in [5.41, 5.74) is 10.4. The minimum atomic E-state index is -0.319. The number of nitriles is 1. The van der Waals surface area contributed by atoms with E-state index in [0.29, 0.717) is 48.2 Å². The first-order valence-corrected chi connectivity index (χ1v) is 11.2. The first-order chi connectivity index (χ1) is 16.2. The monoisotopic (exact) mass is 461 g/mol. The van der Waals surface area contributed by atoms with Crippen LogP contribution in [0.5, 0.6) is 0 Å². The van der Waals surface area contributed by atoms with Crippen LogP contribution < -0.4 is 11.1 Å². The summed E-state index contributed by atoms with van der Waals surface area (Å²) >= 11 is 0. The molecule has 1 aliphatic heterocycles. The summed E-state index contributed by atoms with van der Waals surface area (Å²) in [5, 5.41) is 12.2. The van der Waals surface area contributed by atoms with E-state index in [4.69, 9.17) is 16.0 Å². The van der Waals surface area contributed by atoms with Gasteiger partial charge in [0.25, 0.3) is 0 Å². The molecule has 1 aliphatic rings. The lowest BCUT2D eigenvalue weighted by Gasteiger charge is -2.28. The number of likely N-dealkylation sites (N-methyl/N-ethyl adjacent to an activating group) is 1. The summed E-state index contributed by atoms with van der Waals surface area (Å²) in [6.07, 6.45) is 7.78. The van der Waals surface area contributed by atoms with E-state index in [-0.39, 0.29) is 11.2 Å². The zero-order valence-electron chi connectivity index (χ0n) is 20.2. The Morgan fingerprint density at radius 2 is 2.00 bits per heavy atom. The van der Waals surface area contributed by atoms with Crippen molar-refractivity contribution in [3.05, 3.63) is 77.5 Å². The molecule has 0 radical (unpaired) electrons. The van der Waals surface area contributed by atoms with Crippen molar-refractivity contribution >= 4 is 17.3 Å². The molecule has 2 heterocycles. The molecule has 1 aromatic carbocycles. The van der Waals surface area contributed by atoms with Crippen molar-refractivity contribution in [1.82, 2.24) is 19.8 Å². The third-order valence-electron chi connectivity index (χ3n) is 5.18. The average Bonchev–Trinajstić information content (AvgIpc) is 2.79. The molecule has 0 unspecified atom stereocenters. The van der Waals surface area contributed by atoms with Crippen molar-refractivity contribution in [2.24, 2.45) is 11.1 Å². The Bertz CT molecular complexity index is 1120. The Labute approximate surface area is 201 Å². The molecule has 0 aliphatic carbocycles. The minimum Gasteiger partial charge on any atom is -0.396 e. The third kappa shape index (κ3) is 6.90. The number of halogens is 1.